The van der Waals surface area contributed by atoms with Crippen molar-refractivity contribution in [3.63, 3.8) is 0 Å². The van der Waals surface area contributed by atoms with E-state index in [4.69, 9.17) is 10.5 Å². The molecule has 0 saturated heterocycles. The summed E-state index contributed by atoms with van der Waals surface area (Å²) in [5.41, 5.74) is 8.27. The van der Waals surface area contributed by atoms with Crippen LogP contribution in [0.3, 0.4) is 0 Å². The van der Waals surface area contributed by atoms with Crippen molar-refractivity contribution in [3.8, 4) is 5.75 Å². The smallest absolute Gasteiger partial charge is 0.257 e. The van der Waals surface area contributed by atoms with Gasteiger partial charge in [0.25, 0.3) is 5.91 Å². The first kappa shape index (κ1) is 17.5. The lowest BCUT2D eigenvalue weighted by molar-refractivity contribution is -0.123. The molecule has 0 bridgehead atoms. The summed E-state index contributed by atoms with van der Waals surface area (Å²) in [7, 11) is 0. The van der Waals surface area contributed by atoms with Crippen molar-refractivity contribution in [1.82, 2.24) is 5.32 Å². The van der Waals surface area contributed by atoms with Crippen LogP contribution < -0.4 is 15.8 Å². The highest BCUT2D eigenvalue weighted by atomic mass is 16.5. The summed E-state index contributed by atoms with van der Waals surface area (Å²) in [4.78, 5) is 11.7. The molecule has 0 heterocycles. The summed E-state index contributed by atoms with van der Waals surface area (Å²) in [6, 6.07) is 6.12. The largest absolute Gasteiger partial charge is 0.483 e. The fraction of sp³-hybridized carbons (Fsp3) is 0.588. The van der Waals surface area contributed by atoms with Crippen LogP contribution in [0, 0.1) is 6.92 Å². The van der Waals surface area contributed by atoms with Gasteiger partial charge in [-0.25, -0.2) is 0 Å². The van der Waals surface area contributed by atoms with Crippen LogP contribution in [0.5, 0.6) is 5.75 Å². The van der Waals surface area contributed by atoms with Crippen LogP contribution in [0.4, 0.5) is 0 Å². The topological polar surface area (TPSA) is 64.3 Å². The highest BCUT2D eigenvalue weighted by molar-refractivity contribution is 5.77. The zero-order valence-corrected chi connectivity index (χ0v) is 13.4. The molecule has 0 aliphatic rings. The molecular formula is C17H28N2O2. The van der Waals surface area contributed by atoms with Crippen LogP contribution in [0.25, 0.3) is 0 Å². The fourth-order valence-electron chi connectivity index (χ4n) is 2.03. The maximum absolute atomic E-state index is 11.7. The van der Waals surface area contributed by atoms with Crippen LogP contribution in [0.2, 0.25) is 0 Å². The molecule has 118 valence electrons. The van der Waals surface area contributed by atoms with E-state index in [9.17, 15) is 4.79 Å². The number of carbonyl (C=O) groups is 1. The molecule has 1 aromatic carbocycles. The van der Waals surface area contributed by atoms with Crippen molar-refractivity contribution < 1.29 is 9.53 Å². The summed E-state index contributed by atoms with van der Waals surface area (Å²) in [6.07, 6.45) is 3.75. The van der Waals surface area contributed by atoms with Gasteiger partial charge in [0.05, 0.1) is 0 Å². The molecule has 0 aromatic heterocycles. The van der Waals surface area contributed by atoms with Crippen LogP contribution in [0.15, 0.2) is 18.2 Å². The summed E-state index contributed by atoms with van der Waals surface area (Å²) < 4.78 is 5.66. The zero-order valence-electron chi connectivity index (χ0n) is 13.4. The molecule has 0 fully saturated rings. The molecule has 0 aliphatic heterocycles. The highest BCUT2D eigenvalue weighted by Gasteiger charge is 2.10. The standard InChI is InChI=1S/C17H28N2O2/c1-4-6-9-19-17(20)12-21-16-8-7-13(3)10-14(16)11-15(18)5-2/h7-8,10,15H,4-6,9,11-12,18H2,1-3H3,(H,19,20). The molecule has 4 heteroatoms. The Bertz CT molecular complexity index is 446. The number of nitrogens with one attached hydrogen (secondary N) is 1. The molecule has 0 saturated carbocycles. The highest BCUT2D eigenvalue weighted by Crippen LogP contribution is 2.21. The Morgan fingerprint density at radius 1 is 1.38 bits per heavy atom. The predicted molar refractivity (Wildman–Crippen MR) is 86.6 cm³/mol. The molecule has 4 nitrogen and oxygen atoms in total. The monoisotopic (exact) mass is 292 g/mol. The van der Waals surface area contributed by atoms with Gasteiger partial charge < -0.3 is 15.8 Å². The third kappa shape index (κ3) is 6.63. The van der Waals surface area contributed by atoms with Gasteiger partial charge in [-0.2, -0.15) is 0 Å². The maximum atomic E-state index is 11.7. The van der Waals surface area contributed by atoms with Crippen molar-refractivity contribution in [2.75, 3.05) is 13.2 Å². The Morgan fingerprint density at radius 3 is 2.81 bits per heavy atom. The van der Waals surface area contributed by atoms with Crippen LogP contribution >= 0.6 is 0 Å². The van der Waals surface area contributed by atoms with E-state index in [1.807, 2.05) is 19.1 Å². The van der Waals surface area contributed by atoms with E-state index >= 15 is 0 Å². The number of carbonyl (C=O) groups excluding carboxylic acids is 1. The minimum absolute atomic E-state index is 0.0567. The van der Waals surface area contributed by atoms with Gasteiger partial charge in [0.2, 0.25) is 0 Å². The maximum Gasteiger partial charge on any atom is 0.257 e. The number of benzene rings is 1. The molecular weight excluding hydrogens is 264 g/mol. The Balaban J connectivity index is 2.59. The second-order valence-corrected chi connectivity index (χ2v) is 5.48. The lowest BCUT2D eigenvalue weighted by Crippen LogP contribution is -2.30. The third-order valence-corrected chi connectivity index (χ3v) is 3.43. The second kappa shape index (κ2) is 9.40. The average Bonchev–Trinajstić information content (AvgIpc) is 2.46. The van der Waals surface area contributed by atoms with Gasteiger partial charge in [0.15, 0.2) is 6.61 Å². The number of aryl methyl sites for hydroxylation is 1. The quantitative estimate of drug-likeness (QED) is 0.688. The normalized spacial score (nSPS) is 12.0. The van der Waals surface area contributed by atoms with Gasteiger partial charge in [-0.1, -0.05) is 38.0 Å². The van der Waals surface area contributed by atoms with Crippen molar-refractivity contribution in [2.45, 2.75) is 52.5 Å². The number of ether oxygens (including phenoxy) is 1. The van der Waals surface area contributed by atoms with Crippen molar-refractivity contribution in [2.24, 2.45) is 5.73 Å². The Morgan fingerprint density at radius 2 is 2.14 bits per heavy atom. The van der Waals surface area contributed by atoms with Gasteiger partial charge >= 0.3 is 0 Å². The van der Waals surface area contributed by atoms with E-state index in [1.165, 1.54) is 5.56 Å². The molecule has 1 amide bonds. The van der Waals surface area contributed by atoms with Crippen molar-refractivity contribution >= 4 is 5.91 Å². The molecule has 0 spiro atoms. The van der Waals surface area contributed by atoms with Gasteiger partial charge in [-0.05, 0) is 37.8 Å². The fourth-order valence-corrected chi connectivity index (χ4v) is 2.03. The number of hydrogen-bond donors (Lipinski definition) is 2. The SMILES string of the molecule is CCCCNC(=O)COc1ccc(C)cc1CC(N)CC. The summed E-state index contributed by atoms with van der Waals surface area (Å²) >= 11 is 0. The van der Waals surface area contributed by atoms with Crippen LogP contribution in [-0.4, -0.2) is 25.1 Å². The van der Waals surface area contributed by atoms with E-state index in [-0.39, 0.29) is 18.6 Å². The number of unbranched alkanes of at least 4 members (excludes halogenated alkanes) is 1. The minimum Gasteiger partial charge on any atom is -0.483 e. The number of rotatable bonds is 9. The predicted octanol–water partition coefficient (Wildman–Crippen LogP) is 2.57. The number of amides is 1. The van der Waals surface area contributed by atoms with Gasteiger partial charge in [0, 0.05) is 12.6 Å². The molecule has 0 aliphatic carbocycles. The van der Waals surface area contributed by atoms with Gasteiger partial charge in [-0.15, -0.1) is 0 Å². The Labute approximate surface area is 128 Å². The zero-order chi connectivity index (χ0) is 15.7. The van der Waals surface area contributed by atoms with E-state index < -0.39 is 0 Å². The summed E-state index contributed by atoms with van der Waals surface area (Å²) in [5.74, 6) is 0.685. The molecule has 3 N–H and O–H groups in total. The van der Waals surface area contributed by atoms with E-state index in [1.54, 1.807) is 0 Å². The van der Waals surface area contributed by atoms with Crippen molar-refractivity contribution in [3.05, 3.63) is 29.3 Å². The lowest BCUT2D eigenvalue weighted by atomic mass is 10.0. The molecule has 0 radical (unpaired) electrons. The lowest BCUT2D eigenvalue weighted by Gasteiger charge is -2.15. The molecule has 1 atom stereocenters. The number of hydrogen-bond acceptors (Lipinski definition) is 3. The van der Waals surface area contributed by atoms with E-state index in [0.717, 1.165) is 37.0 Å². The first-order valence-corrected chi connectivity index (χ1v) is 7.81. The number of nitrogens with two attached hydrogens (primary N) is 1. The van der Waals surface area contributed by atoms with Crippen LogP contribution in [0.1, 0.15) is 44.2 Å². The van der Waals surface area contributed by atoms with Crippen LogP contribution in [-0.2, 0) is 11.2 Å². The Kier molecular flexibility index (Phi) is 7.83. The van der Waals surface area contributed by atoms with E-state index in [2.05, 4.69) is 25.2 Å². The molecule has 1 rings (SSSR count). The third-order valence-electron chi connectivity index (χ3n) is 3.43. The van der Waals surface area contributed by atoms with Gasteiger partial charge in [0.1, 0.15) is 5.75 Å². The molecule has 21 heavy (non-hydrogen) atoms. The first-order chi connectivity index (χ1) is 10.1. The first-order valence-electron chi connectivity index (χ1n) is 7.81. The Hall–Kier alpha value is -1.55. The molecule has 1 unspecified atom stereocenters. The van der Waals surface area contributed by atoms with E-state index in [0.29, 0.717) is 6.54 Å². The summed E-state index contributed by atoms with van der Waals surface area (Å²) in [5, 5.41) is 2.85. The average molecular weight is 292 g/mol. The second-order valence-electron chi connectivity index (χ2n) is 5.48. The minimum atomic E-state index is -0.0743. The van der Waals surface area contributed by atoms with Crippen molar-refractivity contribution in [1.29, 1.82) is 0 Å². The summed E-state index contributed by atoms with van der Waals surface area (Å²) in [6.45, 7) is 6.98. The van der Waals surface area contributed by atoms with Gasteiger partial charge in [-0.3, -0.25) is 4.79 Å². The molecule has 1 aromatic rings.